The number of rotatable bonds is 5. The van der Waals surface area contributed by atoms with Gasteiger partial charge in [-0.05, 0) is 35.9 Å². The van der Waals surface area contributed by atoms with Crippen molar-refractivity contribution in [2.45, 2.75) is 6.54 Å². The molecule has 2 aromatic rings. The molecule has 1 N–H and O–H groups in total. The number of esters is 1. The predicted octanol–water partition coefficient (Wildman–Crippen LogP) is 3.75. The molecule has 0 bridgehead atoms. The van der Waals surface area contributed by atoms with E-state index < -0.39 is 0 Å². The van der Waals surface area contributed by atoms with Crippen LogP contribution in [0.4, 0.5) is 5.69 Å². The summed E-state index contributed by atoms with van der Waals surface area (Å²) in [5, 5.41) is 3.82. The first-order chi connectivity index (χ1) is 10.1. The van der Waals surface area contributed by atoms with Crippen LogP contribution in [0.25, 0.3) is 0 Å². The van der Waals surface area contributed by atoms with Gasteiger partial charge < -0.3 is 14.8 Å². The molecule has 0 radical (unpaired) electrons. The van der Waals surface area contributed by atoms with E-state index in [9.17, 15) is 4.79 Å². The summed E-state index contributed by atoms with van der Waals surface area (Å²) in [7, 11) is 2.95. The van der Waals surface area contributed by atoms with Gasteiger partial charge in [-0.25, -0.2) is 4.79 Å². The second-order valence-corrected chi connectivity index (χ2v) is 4.80. The number of nitrogens with one attached hydrogen (secondary N) is 1. The second-order valence-electron chi connectivity index (χ2n) is 4.39. The van der Waals surface area contributed by atoms with Crippen molar-refractivity contribution < 1.29 is 14.3 Å². The molecule has 0 heterocycles. The number of hydrogen-bond acceptors (Lipinski definition) is 4. The molecule has 0 aliphatic heterocycles. The Morgan fingerprint density at radius 1 is 1.14 bits per heavy atom. The molecule has 0 atom stereocenters. The first-order valence-corrected chi connectivity index (χ1v) is 6.76. The van der Waals surface area contributed by atoms with Crippen LogP contribution < -0.4 is 10.1 Å². The topological polar surface area (TPSA) is 47.6 Å². The lowest BCUT2D eigenvalue weighted by Crippen LogP contribution is -2.03. The Balaban J connectivity index is 1.99. The van der Waals surface area contributed by atoms with E-state index in [-0.39, 0.29) is 5.97 Å². The minimum atomic E-state index is -0.337. The molecule has 0 spiro atoms. The van der Waals surface area contributed by atoms with Crippen LogP contribution in [-0.2, 0) is 11.3 Å². The van der Waals surface area contributed by atoms with E-state index in [0.717, 1.165) is 11.3 Å². The standard InChI is InChI=1S/C16H16ClNO3/c1-20-15-8-7-13(9-14(15)17)18-10-11-3-5-12(6-4-11)16(19)21-2/h3-9,18H,10H2,1-2H3. The predicted molar refractivity (Wildman–Crippen MR) is 83.1 cm³/mol. The second kappa shape index (κ2) is 6.99. The van der Waals surface area contributed by atoms with Crippen molar-refractivity contribution in [2.24, 2.45) is 0 Å². The lowest BCUT2D eigenvalue weighted by molar-refractivity contribution is 0.0600. The maximum absolute atomic E-state index is 11.3. The smallest absolute Gasteiger partial charge is 0.337 e. The molecule has 2 rings (SSSR count). The highest BCUT2D eigenvalue weighted by molar-refractivity contribution is 6.32. The monoisotopic (exact) mass is 305 g/mol. The number of ether oxygens (including phenoxy) is 2. The van der Waals surface area contributed by atoms with Crippen LogP contribution in [0.3, 0.4) is 0 Å². The van der Waals surface area contributed by atoms with Crippen molar-refractivity contribution in [3.63, 3.8) is 0 Å². The maximum Gasteiger partial charge on any atom is 0.337 e. The summed E-state index contributed by atoms with van der Waals surface area (Å²) in [6.45, 7) is 0.629. The summed E-state index contributed by atoms with van der Waals surface area (Å²) in [6, 6.07) is 12.8. The Hall–Kier alpha value is -2.20. The van der Waals surface area contributed by atoms with Crippen LogP contribution in [0.5, 0.6) is 5.75 Å². The SMILES string of the molecule is COC(=O)c1ccc(CNc2ccc(OC)c(Cl)c2)cc1. The number of carbonyl (C=O) groups excluding carboxylic acids is 1. The highest BCUT2D eigenvalue weighted by Crippen LogP contribution is 2.27. The summed E-state index contributed by atoms with van der Waals surface area (Å²) < 4.78 is 9.76. The quantitative estimate of drug-likeness (QED) is 0.855. The van der Waals surface area contributed by atoms with Crippen LogP contribution in [0.2, 0.25) is 5.02 Å². The van der Waals surface area contributed by atoms with Gasteiger partial charge in [0.2, 0.25) is 0 Å². The van der Waals surface area contributed by atoms with Gasteiger partial charge in [0.05, 0.1) is 24.8 Å². The summed E-state index contributed by atoms with van der Waals surface area (Å²) >= 11 is 6.07. The van der Waals surface area contributed by atoms with Crippen molar-refractivity contribution in [3.05, 3.63) is 58.6 Å². The highest BCUT2D eigenvalue weighted by atomic mass is 35.5. The molecule has 0 saturated carbocycles. The molecular weight excluding hydrogens is 290 g/mol. The Bertz CT molecular complexity index is 626. The van der Waals surface area contributed by atoms with Gasteiger partial charge in [-0.15, -0.1) is 0 Å². The number of benzene rings is 2. The highest BCUT2D eigenvalue weighted by Gasteiger charge is 2.05. The lowest BCUT2D eigenvalue weighted by Gasteiger charge is -2.09. The van der Waals surface area contributed by atoms with Crippen molar-refractivity contribution in [3.8, 4) is 5.75 Å². The summed E-state index contributed by atoms with van der Waals surface area (Å²) in [5.41, 5.74) is 2.49. The first kappa shape index (κ1) is 15.2. The zero-order chi connectivity index (χ0) is 15.2. The fourth-order valence-electron chi connectivity index (χ4n) is 1.86. The Morgan fingerprint density at radius 2 is 1.86 bits per heavy atom. The third kappa shape index (κ3) is 3.89. The van der Waals surface area contributed by atoms with Gasteiger partial charge in [0.25, 0.3) is 0 Å². The van der Waals surface area contributed by atoms with Gasteiger partial charge in [-0.2, -0.15) is 0 Å². The fourth-order valence-corrected chi connectivity index (χ4v) is 2.11. The van der Waals surface area contributed by atoms with Gasteiger partial charge in [-0.1, -0.05) is 23.7 Å². The van der Waals surface area contributed by atoms with Crippen molar-refractivity contribution in [1.82, 2.24) is 0 Å². The van der Waals surface area contributed by atoms with Crippen molar-refractivity contribution in [1.29, 1.82) is 0 Å². The third-order valence-electron chi connectivity index (χ3n) is 3.02. The van der Waals surface area contributed by atoms with Crippen LogP contribution in [-0.4, -0.2) is 20.2 Å². The van der Waals surface area contributed by atoms with Gasteiger partial charge in [0, 0.05) is 12.2 Å². The Morgan fingerprint density at radius 3 is 2.43 bits per heavy atom. The molecule has 0 aliphatic carbocycles. The molecule has 5 heteroatoms. The average Bonchev–Trinajstić information content (AvgIpc) is 2.52. The molecule has 110 valence electrons. The summed E-state index contributed by atoms with van der Waals surface area (Å²) in [5.74, 6) is 0.307. The molecule has 21 heavy (non-hydrogen) atoms. The molecule has 0 aliphatic rings. The van der Waals surface area contributed by atoms with E-state index >= 15 is 0 Å². The minimum absolute atomic E-state index is 0.337. The molecule has 0 aromatic heterocycles. The van der Waals surface area contributed by atoms with Gasteiger partial charge in [0.1, 0.15) is 5.75 Å². The fraction of sp³-hybridized carbons (Fsp3) is 0.188. The van der Waals surface area contributed by atoms with E-state index in [1.165, 1.54) is 7.11 Å². The van der Waals surface area contributed by atoms with Gasteiger partial charge in [0.15, 0.2) is 0 Å². The zero-order valence-electron chi connectivity index (χ0n) is 11.9. The molecule has 0 fully saturated rings. The van der Waals surface area contributed by atoms with Crippen LogP contribution in [0.1, 0.15) is 15.9 Å². The van der Waals surface area contributed by atoms with E-state index in [1.54, 1.807) is 19.2 Å². The first-order valence-electron chi connectivity index (χ1n) is 6.38. The number of halogens is 1. The van der Waals surface area contributed by atoms with Crippen LogP contribution in [0.15, 0.2) is 42.5 Å². The number of hydrogen-bond donors (Lipinski definition) is 1. The largest absolute Gasteiger partial charge is 0.495 e. The maximum atomic E-state index is 11.3. The molecule has 0 saturated heterocycles. The lowest BCUT2D eigenvalue weighted by atomic mass is 10.1. The number of methoxy groups -OCH3 is 2. The Labute approximate surface area is 128 Å². The normalized spacial score (nSPS) is 10.0. The molecule has 4 nitrogen and oxygen atoms in total. The van der Waals surface area contributed by atoms with Crippen molar-refractivity contribution >= 4 is 23.3 Å². The molecule has 0 unspecified atom stereocenters. The Kier molecular flexibility index (Phi) is 5.06. The molecular formula is C16H16ClNO3. The zero-order valence-corrected chi connectivity index (χ0v) is 12.6. The van der Waals surface area contributed by atoms with E-state index in [4.69, 9.17) is 16.3 Å². The van der Waals surface area contributed by atoms with Gasteiger partial charge >= 0.3 is 5.97 Å². The van der Waals surface area contributed by atoms with Crippen LogP contribution >= 0.6 is 11.6 Å². The third-order valence-corrected chi connectivity index (χ3v) is 3.32. The van der Waals surface area contributed by atoms with E-state index in [2.05, 4.69) is 10.1 Å². The van der Waals surface area contributed by atoms with Gasteiger partial charge in [-0.3, -0.25) is 0 Å². The van der Waals surface area contributed by atoms with E-state index in [0.29, 0.717) is 22.9 Å². The van der Waals surface area contributed by atoms with Crippen LogP contribution in [0, 0.1) is 0 Å². The summed E-state index contributed by atoms with van der Waals surface area (Å²) in [4.78, 5) is 11.3. The number of anilines is 1. The molecule has 2 aromatic carbocycles. The number of carbonyl (C=O) groups is 1. The summed E-state index contributed by atoms with van der Waals surface area (Å²) in [6.07, 6.45) is 0. The van der Waals surface area contributed by atoms with Crippen molar-refractivity contribution in [2.75, 3.05) is 19.5 Å². The minimum Gasteiger partial charge on any atom is -0.495 e. The molecule has 0 amide bonds. The van der Waals surface area contributed by atoms with E-state index in [1.807, 2.05) is 30.3 Å². The average molecular weight is 306 g/mol.